The van der Waals surface area contributed by atoms with Gasteiger partial charge >= 0.3 is 0 Å². The average molecular weight is 232 g/mol. The summed E-state index contributed by atoms with van der Waals surface area (Å²) >= 11 is 5.14. The molecule has 0 aromatic heterocycles. The van der Waals surface area contributed by atoms with E-state index >= 15 is 0 Å². The summed E-state index contributed by atoms with van der Waals surface area (Å²) < 4.78 is 26.6. The molecule has 0 fully saturated rings. The van der Waals surface area contributed by atoms with Crippen LogP contribution in [0.1, 0.15) is 5.56 Å². The van der Waals surface area contributed by atoms with Crippen LogP contribution in [0.5, 0.6) is 0 Å². The summed E-state index contributed by atoms with van der Waals surface area (Å²) in [5, 5.41) is 8.37. The van der Waals surface area contributed by atoms with Gasteiger partial charge in [-0.15, -0.1) is 0 Å². The highest BCUT2D eigenvalue weighted by atomic mass is 35.5. The molecule has 0 bridgehead atoms. The Balaban J connectivity index is 2.76. The molecule has 1 unspecified atom stereocenters. The van der Waals surface area contributed by atoms with Gasteiger partial charge in [-0.1, -0.05) is 41.9 Å². The molecule has 0 aliphatic rings. The summed E-state index contributed by atoms with van der Waals surface area (Å²) in [4.78, 5) is 0. The SMILES string of the molecule is [CH]=C(Cl)C(O)C(F)(F)Cc1ccccc1. The largest absolute Gasteiger partial charge is 0.381 e. The molecular formula is C11H10ClF2O. The predicted molar refractivity (Wildman–Crippen MR) is 54.8 cm³/mol. The van der Waals surface area contributed by atoms with Gasteiger partial charge in [0.05, 0.1) is 5.03 Å². The normalized spacial score (nSPS) is 13.6. The van der Waals surface area contributed by atoms with Crippen LogP contribution in [-0.4, -0.2) is 17.1 Å². The van der Waals surface area contributed by atoms with Crippen LogP contribution in [0.2, 0.25) is 0 Å². The van der Waals surface area contributed by atoms with Gasteiger partial charge in [-0.3, -0.25) is 0 Å². The highest BCUT2D eigenvalue weighted by molar-refractivity contribution is 6.29. The second-order valence-corrected chi connectivity index (χ2v) is 3.65. The molecule has 1 aromatic carbocycles. The van der Waals surface area contributed by atoms with Crippen molar-refractivity contribution >= 4 is 11.6 Å². The smallest absolute Gasteiger partial charge is 0.282 e. The molecule has 0 heterocycles. The zero-order valence-corrected chi connectivity index (χ0v) is 8.59. The second-order valence-electron chi connectivity index (χ2n) is 3.21. The number of hydrogen-bond acceptors (Lipinski definition) is 1. The molecule has 0 saturated heterocycles. The van der Waals surface area contributed by atoms with E-state index in [1.54, 1.807) is 30.3 Å². The van der Waals surface area contributed by atoms with E-state index in [0.29, 0.717) is 5.56 Å². The maximum absolute atomic E-state index is 13.3. The van der Waals surface area contributed by atoms with Crippen LogP contribution in [0.3, 0.4) is 0 Å². The van der Waals surface area contributed by atoms with Crippen molar-refractivity contribution in [1.82, 2.24) is 0 Å². The van der Waals surface area contributed by atoms with Crippen molar-refractivity contribution in [2.24, 2.45) is 0 Å². The summed E-state index contributed by atoms with van der Waals surface area (Å²) in [6.45, 7) is 4.93. The first-order valence-electron chi connectivity index (χ1n) is 4.31. The molecule has 0 spiro atoms. The summed E-state index contributed by atoms with van der Waals surface area (Å²) in [6.07, 6.45) is -2.72. The number of hydrogen-bond donors (Lipinski definition) is 1. The summed E-state index contributed by atoms with van der Waals surface area (Å²) in [5.74, 6) is -3.35. The zero-order chi connectivity index (χ0) is 11.5. The summed E-state index contributed by atoms with van der Waals surface area (Å²) in [6, 6.07) is 8.10. The second kappa shape index (κ2) is 4.73. The van der Waals surface area contributed by atoms with E-state index in [0.717, 1.165) is 0 Å². The lowest BCUT2D eigenvalue weighted by Crippen LogP contribution is -2.35. The van der Waals surface area contributed by atoms with E-state index in [4.69, 9.17) is 23.3 Å². The van der Waals surface area contributed by atoms with E-state index in [1.165, 1.54) is 0 Å². The minimum atomic E-state index is -3.35. The molecule has 1 N–H and O–H groups in total. The Labute approximate surface area is 92.0 Å². The Morgan fingerprint density at radius 3 is 2.40 bits per heavy atom. The predicted octanol–water partition coefficient (Wildman–Crippen LogP) is 2.78. The molecule has 1 radical (unpaired) electrons. The molecule has 0 saturated carbocycles. The third-order valence-corrected chi connectivity index (χ3v) is 2.15. The van der Waals surface area contributed by atoms with Crippen LogP contribution in [0.25, 0.3) is 0 Å². The molecule has 1 atom stereocenters. The molecular weight excluding hydrogens is 222 g/mol. The third-order valence-electron chi connectivity index (χ3n) is 1.94. The fraction of sp³-hybridized carbons (Fsp3) is 0.273. The number of benzene rings is 1. The number of aliphatic hydroxyl groups excluding tert-OH is 1. The molecule has 0 amide bonds. The van der Waals surface area contributed by atoms with Crippen molar-refractivity contribution < 1.29 is 13.9 Å². The Hall–Kier alpha value is -0.930. The van der Waals surface area contributed by atoms with E-state index in [2.05, 4.69) is 0 Å². The first kappa shape index (κ1) is 12.1. The minimum Gasteiger partial charge on any atom is -0.381 e. The van der Waals surface area contributed by atoms with Crippen LogP contribution in [0, 0.1) is 6.58 Å². The quantitative estimate of drug-likeness (QED) is 0.845. The summed E-state index contributed by atoms with van der Waals surface area (Å²) in [7, 11) is 0. The van der Waals surface area contributed by atoms with E-state index in [-0.39, 0.29) is 0 Å². The van der Waals surface area contributed by atoms with Crippen LogP contribution in [0.4, 0.5) is 8.78 Å². The fourth-order valence-corrected chi connectivity index (χ4v) is 1.33. The number of rotatable bonds is 4. The minimum absolute atomic E-state index is 0.416. The van der Waals surface area contributed by atoms with Gasteiger partial charge in [-0.25, -0.2) is 8.78 Å². The Morgan fingerprint density at radius 1 is 1.40 bits per heavy atom. The Bertz CT molecular complexity index is 338. The van der Waals surface area contributed by atoms with Gasteiger partial charge in [0.1, 0.15) is 0 Å². The third kappa shape index (κ3) is 3.29. The lowest BCUT2D eigenvalue weighted by Gasteiger charge is -2.21. The van der Waals surface area contributed by atoms with Crippen LogP contribution in [0.15, 0.2) is 35.4 Å². The highest BCUT2D eigenvalue weighted by Crippen LogP contribution is 2.28. The summed E-state index contributed by atoms with van der Waals surface area (Å²) in [5.41, 5.74) is 0.416. The number of halogens is 3. The molecule has 1 nitrogen and oxygen atoms in total. The first-order valence-corrected chi connectivity index (χ1v) is 4.69. The molecule has 4 heteroatoms. The Morgan fingerprint density at radius 2 is 1.93 bits per heavy atom. The number of alkyl halides is 2. The van der Waals surface area contributed by atoms with Gasteiger partial charge in [-0.05, 0) is 12.1 Å². The van der Waals surface area contributed by atoms with Crippen LogP contribution < -0.4 is 0 Å². The van der Waals surface area contributed by atoms with Gasteiger partial charge in [0.15, 0.2) is 6.10 Å². The number of aliphatic hydroxyl groups is 1. The Kier molecular flexibility index (Phi) is 3.83. The van der Waals surface area contributed by atoms with Crippen LogP contribution in [-0.2, 0) is 6.42 Å². The van der Waals surface area contributed by atoms with E-state index in [1.807, 2.05) is 0 Å². The molecule has 1 aromatic rings. The fourth-order valence-electron chi connectivity index (χ4n) is 1.17. The van der Waals surface area contributed by atoms with Crippen molar-refractivity contribution in [3.05, 3.63) is 47.5 Å². The van der Waals surface area contributed by atoms with Gasteiger partial charge in [0.25, 0.3) is 5.92 Å². The zero-order valence-electron chi connectivity index (χ0n) is 7.83. The molecule has 15 heavy (non-hydrogen) atoms. The van der Waals surface area contributed by atoms with Gasteiger partial charge in [0, 0.05) is 6.42 Å². The standard InChI is InChI=1S/C11H10ClF2O/c1-8(12)10(15)11(13,14)7-9-5-3-2-4-6-9/h1-6,10,15H,7H2. The van der Waals surface area contributed by atoms with Crippen molar-refractivity contribution in [2.45, 2.75) is 18.4 Å². The monoisotopic (exact) mass is 231 g/mol. The molecule has 1 rings (SSSR count). The maximum Gasteiger partial charge on any atom is 0.282 e. The highest BCUT2D eigenvalue weighted by Gasteiger charge is 2.39. The van der Waals surface area contributed by atoms with Crippen molar-refractivity contribution in [3.63, 3.8) is 0 Å². The molecule has 0 aliphatic carbocycles. The first-order chi connectivity index (χ1) is 6.93. The van der Waals surface area contributed by atoms with Gasteiger partial charge < -0.3 is 5.11 Å². The lowest BCUT2D eigenvalue weighted by molar-refractivity contribution is -0.0871. The van der Waals surface area contributed by atoms with E-state index in [9.17, 15) is 8.78 Å². The van der Waals surface area contributed by atoms with E-state index < -0.39 is 23.5 Å². The molecule has 81 valence electrons. The van der Waals surface area contributed by atoms with Crippen molar-refractivity contribution in [3.8, 4) is 0 Å². The van der Waals surface area contributed by atoms with Crippen LogP contribution >= 0.6 is 11.6 Å². The lowest BCUT2D eigenvalue weighted by atomic mass is 10.0. The average Bonchev–Trinajstić information content (AvgIpc) is 2.17. The van der Waals surface area contributed by atoms with Gasteiger partial charge in [-0.2, -0.15) is 0 Å². The maximum atomic E-state index is 13.3. The molecule has 0 aliphatic heterocycles. The van der Waals surface area contributed by atoms with Crippen molar-refractivity contribution in [1.29, 1.82) is 0 Å². The van der Waals surface area contributed by atoms with Gasteiger partial charge in [0.2, 0.25) is 0 Å². The topological polar surface area (TPSA) is 20.2 Å². The van der Waals surface area contributed by atoms with Crippen molar-refractivity contribution in [2.75, 3.05) is 0 Å².